The lowest BCUT2D eigenvalue weighted by molar-refractivity contribution is 0.673. The van der Waals surface area contributed by atoms with Gasteiger partial charge >= 0.3 is 0 Å². The summed E-state index contributed by atoms with van der Waals surface area (Å²) in [4.78, 5) is 14.9. The number of para-hydroxylation sites is 2. The molecule has 0 spiro atoms. The minimum atomic E-state index is 0.898. The number of allylic oxidation sites excluding steroid dienone is 1. The summed E-state index contributed by atoms with van der Waals surface area (Å²) in [5.74, 6) is 0. The molecule has 0 bridgehead atoms. The lowest BCUT2D eigenvalue weighted by Crippen LogP contribution is -2.03. The molecular weight excluding hydrogens is 671 g/mol. The number of hydrogen-bond donors (Lipinski definition) is 0. The third kappa shape index (κ3) is 4.43. The van der Waals surface area contributed by atoms with Crippen molar-refractivity contribution in [3.8, 4) is 33.5 Å². The van der Waals surface area contributed by atoms with Crippen LogP contribution in [0.3, 0.4) is 0 Å². The molecular formula is C51H31N3O. The van der Waals surface area contributed by atoms with Gasteiger partial charge in [0.05, 0.1) is 22.2 Å². The van der Waals surface area contributed by atoms with E-state index in [4.69, 9.17) is 19.4 Å². The molecule has 12 rings (SSSR count). The average molecular weight is 702 g/mol. The molecule has 0 saturated carbocycles. The van der Waals surface area contributed by atoms with Gasteiger partial charge in [0.1, 0.15) is 11.2 Å². The average Bonchev–Trinajstić information content (AvgIpc) is 3.64. The first-order valence-electron chi connectivity index (χ1n) is 18.9. The van der Waals surface area contributed by atoms with Crippen LogP contribution in [0.1, 0.15) is 17.5 Å². The molecule has 0 radical (unpaired) electrons. The van der Waals surface area contributed by atoms with Crippen molar-refractivity contribution in [1.29, 1.82) is 0 Å². The Bertz CT molecular complexity index is 3430. The van der Waals surface area contributed by atoms with Crippen molar-refractivity contribution in [2.24, 2.45) is 0 Å². The van der Waals surface area contributed by atoms with Crippen LogP contribution in [0, 0.1) is 0 Å². The van der Waals surface area contributed by atoms with E-state index in [-0.39, 0.29) is 0 Å². The maximum absolute atomic E-state index is 6.58. The minimum absolute atomic E-state index is 0.898. The van der Waals surface area contributed by atoms with Gasteiger partial charge in [-0.1, -0.05) is 121 Å². The summed E-state index contributed by atoms with van der Waals surface area (Å²) in [6.07, 6.45) is 10.4. The Hall–Kier alpha value is -7.17. The summed E-state index contributed by atoms with van der Waals surface area (Å²) in [7, 11) is 0. The normalized spacial score (nSPS) is 12.9. The standard InChI is InChI=1S/C51H31N3O/c1-3-14-36-34(12-1)45(35-13-2-4-15-37(35)46(36)38-27-29-53-50-39(38)24-23-31-10-9-28-52-49(31)50)30-19-21-32(22-20-30)48-42-26-25-40-33-11-6-8-18-44(33)55-51(40)47(42)41-16-5-7-17-43(41)54-48/h1-3,5-14,16-29H,4,15H2. The molecule has 256 valence electrons. The van der Waals surface area contributed by atoms with Crippen LogP contribution in [0.2, 0.25) is 0 Å². The Morgan fingerprint density at radius 2 is 1.24 bits per heavy atom. The van der Waals surface area contributed by atoms with Gasteiger partial charge in [0.2, 0.25) is 0 Å². The van der Waals surface area contributed by atoms with E-state index in [1.165, 1.54) is 44.2 Å². The Morgan fingerprint density at radius 3 is 2.13 bits per heavy atom. The quantitative estimate of drug-likeness (QED) is 0.172. The number of aromatic nitrogens is 3. The predicted molar refractivity (Wildman–Crippen MR) is 228 cm³/mol. The number of nitrogens with zero attached hydrogens (tertiary/aromatic N) is 3. The molecule has 4 heterocycles. The molecule has 55 heavy (non-hydrogen) atoms. The molecule has 0 N–H and O–H groups in total. The topological polar surface area (TPSA) is 51.8 Å². The van der Waals surface area contributed by atoms with Crippen molar-refractivity contribution >= 4 is 82.3 Å². The summed E-state index contributed by atoms with van der Waals surface area (Å²) in [5.41, 5.74) is 14.3. The second kappa shape index (κ2) is 11.7. The Kier molecular flexibility index (Phi) is 6.43. The second-order valence-corrected chi connectivity index (χ2v) is 14.5. The lowest BCUT2D eigenvalue weighted by atomic mass is 9.79. The Labute approximate surface area is 316 Å². The highest BCUT2D eigenvalue weighted by Gasteiger charge is 2.24. The predicted octanol–water partition coefficient (Wildman–Crippen LogP) is 13.5. The first-order valence-corrected chi connectivity index (χ1v) is 18.9. The number of furan rings is 1. The SMILES string of the molecule is C1=Cc2c(c(-c3ccnc4c3ccc3cccnc34)c3ccccc3c2-c2ccc(-c3nc4ccccc4c4c3ccc3c5ccccc5oc34)cc2)CC1. The van der Waals surface area contributed by atoms with Gasteiger partial charge in [-0.2, -0.15) is 0 Å². The molecule has 0 fully saturated rings. The molecule has 1 aliphatic carbocycles. The van der Waals surface area contributed by atoms with Crippen molar-refractivity contribution in [1.82, 2.24) is 15.0 Å². The minimum Gasteiger partial charge on any atom is -0.455 e. The molecule has 0 aliphatic heterocycles. The van der Waals surface area contributed by atoms with Crippen LogP contribution < -0.4 is 0 Å². The largest absolute Gasteiger partial charge is 0.455 e. The molecule has 0 atom stereocenters. The summed E-state index contributed by atoms with van der Waals surface area (Å²) < 4.78 is 6.58. The van der Waals surface area contributed by atoms with Gasteiger partial charge in [-0.05, 0) is 87.3 Å². The van der Waals surface area contributed by atoms with Crippen LogP contribution in [0.5, 0.6) is 0 Å². The number of pyridine rings is 3. The van der Waals surface area contributed by atoms with Gasteiger partial charge in [-0.15, -0.1) is 0 Å². The molecule has 7 aromatic carbocycles. The van der Waals surface area contributed by atoms with E-state index in [0.29, 0.717) is 0 Å². The van der Waals surface area contributed by atoms with Gasteiger partial charge in [-0.3, -0.25) is 9.97 Å². The van der Waals surface area contributed by atoms with Crippen LogP contribution >= 0.6 is 0 Å². The van der Waals surface area contributed by atoms with E-state index in [1.54, 1.807) is 0 Å². The Balaban J connectivity index is 1.07. The van der Waals surface area contributed by atoms with Crippen molar-refractivity contribution < 1.29 is 4.42 Å². The van der Waals surface area contributed by atoms with Crippen molar-refractivity contribution in [2.75, 3.05) is 0 Å². The van der Waals surface area contributed by atoms with E-state index in [1.807, 2.05) is 30.6 Å². The fraction of sp³-hybridized carbons (Fsp3) is 0.0392. The monoisotopic (exact) mass is 701 g/mol. The number of fused-ring (bicyclic) bond motifs is 12. The van der Waals surface area contributed by atoms with E-state index >= 15 is 0 Å². The van der Waals surface area contributed by atoms with E-state index in [0.717, 1.165) is 89.5 Å². The Morgan fingerprint density at radius 1 is 0.509 bits per heavy atom. The first-order chi connectivity index (χ1) is 27.3. The molecule has 4 aromatic heterocycles. The zero-order valence-electron chi connectivity index (χ0n) is 29.8. The number of rotatable bonds is 3. The van der Waals surface area contributed by atoms with Crippen molar-refractivity contribution in [3.63, 3.8) is 0 Å². The molecule has 0 saturated heterocycles. The maximum Gasteiger partial charge on any atom is 0.144 e. The van der Waals surface area contributed by atoms with E-state index in [9.17, 15) is 0 Å². The maximum atomic E-state index is 6.58. The van der Waals surface area contributed by atoms with Crippen molar-refractivity contribution in [3.05, 3.63) is 169 Å². The summed E-state index contributed by atoms with van der Waals surface area (Å²) >= 11 is 0. The van der Waals surface area contributed by atoms with Crippen LogP contribution in [0.15, 0.2) is 162 Å². The summed E-state index contributed by atoms with van der Waals surface area (Å²) in [6, 6.07) is 49.7. The molecule has 4 heteroatoms. The first kappa shape index (κ1) is 30.3. The second-order valence-electron chi connectivity index (χ2n) is 14.5. The fourth-order valence-corrected chi connectivity index (χ4v) is 9.21. The molecule has 11 aromatic rings. The molecule has 0 unspecified atom stereocenters. The lowest BCUT2D eigenvalue weighted by Gasteiger charge is -2.24. The highest BCUT2D eigenvalue weighted by molar-refractivity contribution is 6.25. The van der Waals surface area contributed by atoms with Crippen LogP contribution in [-0.2, 0) is 6.42 Å². The zero-order valence-corrected chi connectivity index (χ0v) is 29.8. The number of hydrogen-bond acceptors (Lipinski definition) is 4. The summed E-state index contributed by atoms with van der Waals surface area (Å²) in [6.45, 7) is 0. The fourth-order valence-electron chi connectivity index (χ4n) is 9.21. The third-order valence-electron chi connectivity index (χ3n) is 11.6. The van der Waals surface area contributed by atoms with Gasteiger partial charge in [0.25, 0.3) is 0 Å². The molecule has 1 aliphatic rings. The van der Waals surface area contributed by atoms with Crippen LogP contribution in [0.4, 0.5) is 0 Å². The van der Waals surface area contributed by atoms with Crippen LogP contribution in [-0.4, -0.2) is 15.0 Å². The summed E-state index contributed by atoms with van der Waals surface area (Å²) in [5, 5.41) is 10.3. The van der Waals surface area contributed by atoms with Gasteiger partial charge in [0, 0.05) is 55.7 Å². The van der Waals surface area contributed by atoms with Gasteiger partial charge < -0.3 is 4.42 Å². The van der Waals surface area contributed by atoms with Gasteiger partial charge in [0.15, 0.2) is 0 Å². The van der Waals surface area contributed by atoms with Gasteiger partial charge in [-0.25, -0.2) is 4.98 Å². The van der Waals surface area contributed by atoms with E-state index < -0.39 is 0 Å². The smallest absolute Gasteiger partial charge is 0.144 e. The molecule has 0 amide bonds. The third-order valence-corrected chi connectivity index (χ3v) is 11.6. The molecule has 4 nitrogen and oxygen atoms in total. The highest BCUT2D eigenvalue weighted by Crippen LogP contribution is 2.47. The van der Waals surface area contributed by atoms with E-state index in [2.05, 4.69) is 133 Å². The highest BCUT2D eigenvalue weighted by atomic mass is 16.3. The van der Waals surface area contributed by atoms with Crippen LogP contribution in [0.25, 0.3) is 116 Å². The zero-order chi connectivity index (χ0) is 36.0. The number of benzene rings is 7. The van der Waals surface area contributed by atoms with Crippen molar-refractivity contribution in [2.45, 2.75) is 12.8 Å².